The van der Waals surface area contributed by atoms with Crippen molar-refractivity contribution in [3.8, 4) is 0 Å². The minimum absolute atomic E-state index is 0.00979. The number of rotatable bonds is 8. The van der Waals surface area contributed by atoms with E-state index in [9.17, 15) is 14.7 Å². The predicted octanol–water partition coefficient (Wildman–Crippen LogP) is 5.10. The number of hydrogen-bond donors (Lipinski definition) is 2. The van der Waals surface area contributed by atoms with Crippen molar-refractivity contribution >= 4 is 11.8 Å². The minimum Gasteiger partial charge on any atom is -0.388 e. The maximum atomic E-state index is 13.7. The van der Waals surface area contributed by atoms with Crippen molar-refractivity contribution in [2.75, 3.05) is 33.7 Å². The van der Waals surface area contributed by atoms with Gasteiger partial charge in [0.1, 0.15) is 0 Å². The Hall–Kier alpha value is -1.92. The SMILES string of the molecule is CC1C(=O)N(CC(=O)NCC2(O)CCCCC2)CC2(CCC(c3ccccc3)(N(C)C)CC2)C1CC1CCC1. The zero-order valence-corrected chi connectivity index (χ0v) is 24.6. The van der Waals surface area contributed by atoms with E-state index >= 15 is 0 Å². The zero-order valence-electron chi connectivity index (χ0n) is 24.6. The quantitative estimate of drug-likeness (QED) is 0.484. The summed E-state index contributed by atoms with van der Waals surface area (Å²) in [7, 11) is 4.42. The van der Waals surface area contributed by atoms with E-state index in [1.165, 1.54) is 24.8 Å². The van der Waals surface area contributed by atoms with E-state index in [1.54, 1.807) is 0 Å². The standard InChI is InChI=1S/C33H51N3O3/c1-25-28(21-26-11-10-12-26)31(17-19-33(20-18-31,35(2)3)27-13-6-4-7-14-27)24-36(30(25)38)22-29(37)34-23-32(39)15-8-5-9-16-32/h4,6-7,13-14,25-26,28,39H,5,8-12,15-24H2,1-3H3,(H,34,37). The smallest absolute Gasteiger partial charge is 0.239 e. The Morgan fingerprint density at radius 1 is 1.00 bits per heavy atom. The van der Waals surface area contributed by atoms with Gasteiger partial charge in [-0.3, -0.25) is 14.5 Å². The van der Waals surface area contributed by atoms with Crippen LogP contribution in [0.25, 0.3) is 0 Å². The van der Waals surface area contributed by atoms with Crippen LogP contribution in [0, 0.1) is 23.2 Å². The molecule has 0 radical (unpaired) electrons. The van der Waals surface area contributed by atoms with Crippen LogP contribution in [-0.2, 0) is 15.1 Å². The third-order valence-corrected chi connectivity index (χ3v) is 11.4. The summed E-state index contributed by atoms with van der Waals surface area (Å²) in [6.45, 7) is 3.22. The molecule has 1 spiro atoms. The van der Waals surface area contributed by atoms with Gasteiger partial charge in [0, 0.05) is 24.5 Å². The van der Waals surface area contributed by atoms with Crippen molar-refractivity contribution in [1.29, 1.82) is 0 Å². The van der Waals surface area contributed by atoms with E-state index in [0.29, 0.717) is 19.0 Å². The predicted molar refractivity (Wildman–Crippen MR) is 155 cm³/mol. The molecule has 216 valence electrons. The van der Waals surface area contributed by atoms with E-state index in [1.807, 2.05) is 4.90 Å². The van der Waals surface area contributed by atoms with Crippen LogP contribution in [0.4, 0.5) is 0 Å². The van der Waals surface area contributed by atoms with Gasteiger partial charge in [0.25, 0.3) is 0 Å². The number of carbonyl (C=O) groups is 2. The molecule has 0 aromatic heterocycles. The van der Waals surface area contributed by atoms with Crippen LogP contribution in [-0.4, -0.2) is 66.1 Å². The second-order valence-electron chi connectivity index (χ2n) is 13.8. The lowest BCUT2D eigenvalue weighted by atomic mass is 9.53. The van der Waals surface area contributed by atoms with Gasteiger partial charge in [0.2, 0.25) is 11.8 Å². The fraction of sp³-hybridized carbons (Fsp3) is 0.758. The summed E-state index contributed by atoms with van der Waals surface area (Å²) in [6.07, 6.45) is 14.0. The van der Waals surface area contributed by atoms with Gasteiger partial charge in [-0.25, -0.2) is 0 Å². The molecule has 1 aliphatic heterocycles. The molecule has 2 atom stereocenters. The van der Waals surface area contributed by atoms with Crippen LogP contribution in [0.2, 0.25) is 0 Å². The molecule has 2 N–H and O–H groups in total. The lowest BCUT2D eigenvalue weighted by Crippen LogP contribution is -2.61. The molecule has 0 bridgehead atoms. The molecule has 4 aliphatic rings. The van der Waals surface area contributed by atoms with Gasteiger partial charge in [-0.15, -0.1) is 0 Å². The van der Waals surface area contributed by atoms with E-state index < -0.39 is 5.60 Å². The molecular weight excluding hydrogens is 486 g/mol. The number of aliphatic hydroxyl groups is 1. The largest absolute Gasteiger partial charge is 0.388 e. The Morgan fingerprint density at radius 2 is 1.67 bits per heavy atom. The third-order valence-electron chi connectivity index (χ3n) is 11.4. The summed E-state index contributed by atoms with van der Waals surface area (Å²) in [5.74, 6) is 1.09. The summed E-state index contributed by atoms with van der Waals surface area (Å²) in [5, 5.41) is 13.8. The van der Waals surface area contributed by atoms with Crippen molar-refractivity contribution in [2.24, 2.45) is 23.2 Å². The lowest BCUT2D eigenvalue weighted by Gasteiger charge is -2.58. The number of likely N-dealkylation sites (tertiary alicyclic amines) is 1. The lowest BCUT2D eigenvalue weighted by molar-refractivity contribution is -0.158. The number of amides is 2. The van der Waals surface area contributed by atoms with Crippen LogP contribution in [0.5, 0.6) is 0 Å². The number of carbonyl (C=O) groups excluding carboxylic acids is 2. The average molecular weight is 538 g/mol. The molecular formula is C33H51N3O3. The van der Waals surface area contributed by atoms with Crippen LogP contribution in [0.3, 0.4) is 0 Å². The summed E-state index contributed by atoms with van der Waals surface area (Å²) < 4.78 is 0. The molecule has 1 aromatic rings. The normalized spacial score (nSPS) is 33.3. The Morgan fingerprint density at radius 3 is 2.26 bits per heavy atom. The first-order valence-corrected chi connectivity index (χ1v) is 15.7. The Bertz CT molecular complexity index is 991. The van der Waals surface area contributed by atoms with E-state index in [0.717, 1.165) is 70.1 Å². The van der Waals surface area contributed by atoms with E-state index in [4.69, 9.17) is 0 Å². The average Bonchev–Trinajstić information content (AvgIpc) is 2.91. The molecule has 1 saturated heterocycles. The number of nitrogens with one attached hydrogen (secondary N) is 1. The van der Waals surface area contributed by atoms with Gasteiger partial charge < -0.3 is 15.3 Å². The number of hydrogen-bond acceptors (Lipinski definition) is 4. The second-order valence-corrected chi connectivity index (χ2v) is 13.8. The van der Waals surface area contributed by atoms with Crippen LogP contribution in [0.1, 0.15) is 96.0 Å². The fourth-order valence-corrected chi connectivity index (χ4v) is 8.55. The summed E-state index contributed by atoms with van der Waals surface area (Å²) in [5.41, 5.74) is 0.658. The Balaban J connectivity index is 1.32. The van der Waals surface area contributed by atoms with Gasteiger partial charge in [-0.1, -0.05) is 75.8 Å². The van der Waals surface area contributed by atoms with Crippen molar-refractivity contribution < 1.29 is 14.7 Å². The molecule has 3 saturated carbocycles. The highest BCUT2D eigenvalue weighted by Gasteiger charge is 2.55. The molecule has 6 heteroatoms. The molecule has 39 heavy (non-hydrogen) atoms. The first-order chi connectivity index (χ1) is 18.7. The molecule has 2 unspecified atom stereocenters. The van der Waals surface area contributed by atoms with Crippen molar-refractivity contribution in [2.45, 2.75) is 102 Å². The van der Waals surface area contributed by atoms with Crippen LogP contribution >= 0.6 is 0 Å². The Kier molecular flexibility index (Phi) is 8.45. The third kappa shape index (κ3) is 5.79. The van der Waals surface area contributed by atoms with E-state index in [-0.39, 0.29) is 35.2 Å². The highest BCUT2D eigenvalue weighted by Crippen LogP contribution is 2.57. The van der Waals surface area contributed by atoms with Gasteiger partial charge in [0.05, 0.1) is 12.1 Å². The monoisotopic (exact) mass is 537 g/mol. The van der Waals surface area contributed by atoms with Crippen LogP contribution < -0.4 is 5.32 Å². The molecule has 5 rings (SSSR count). The van der Waals surface area contributed by atoms with Crippen molar-refractivity contribution in [3.05, 3.63) is 35.9 Å². The first-order valence-electron chi connectivity index (χ1n) is 15.7. The van der Waals surface area contributed by atoms with Crippen molar-refractivity contribution in [1.82, 2.24) is 15.1 Å². The topological polar surface area (TPSA) is 72.9 Å². The molecule has 3 aliphatic carbocycles. The summed E-state index contributed by atoms with van der Waals surface area (Å²) in [6, 6.07) is 10.9. The molecule has 2 amide bonds. The maximum Gasteiger partial charge on any atom is 0.239 e. The summed E-state index contributed by atoms with van der Waals surface area (Å²) >= 11 is 0. The molecule has 6 nitrogen and oxygen atoms in total. The van der Waals surface area contributed by atoms with Gasteiger partial charge in [0.15, 0.2) is 0 Å². The number of nitrogens with zero attached hydrogens (tertiary/aromatic N) is 2. The van der Waals surface area contributed by atoms with Gasteiger partial charge in [-0.05, 0) is 81.9 Å². The zero-order chi connectivity index (χ0) is 27.7. The highest BCUT2D eigenvalue weighted by atomic mass is 16.3. The van der Waals surface area contributed by atoms with Gasteiger partial charge in [-0.2, -0.15) is 0 Å². The minimum atomic E-state index is -0.793. The number of benzene rings is 1. The summed E-state index contributed by atoms with van der Waals surface area (Å²) in [4.78, 5) is 31.1. The molecule has 4 fully saturated rings. The van der Waals surface area contributed by atoms with E-state index in [2.05, 4.69) is 61.6 Å². The second kappa shape index (κ2) is 11.5. The number of piperidine rings is 1. The van der Waals surface area contributed by atoms with Gasteiger partial charge >= 0.3 is 0 Å². The van der Waals surface area contributed by atoms with Crippen LogP contribution in [0.15, 0.2) is 30.3 Å². The molecule has 1 heterocycles. The first kappa shape index (κ1) is 28.6. The highest BCUT2D eigenvalue weighted by molar-refractivity contribution is 5.86. The maximum absolute atomic E-state index is 13.7. The van der Waals surface area contributed by atoms with Crippen molar-refractivity contribution in [3.63, 3.8) is 0 Å². The Labute approximate surface area is 235 Å². The molecule has 1 aromatic carbocycles. The fourth-order valence-electron chi connectivity index (χ4n) is 8.55.